The van der Waals surface area contributed by atoms with Gasteiger partial charge in [-0.3, -0.25) is 9.89 Å². The van der Waals surface area contributed by atoms with Gasteiger partial charge < -0.3 is 0 Å². The fraction of sp³-hybridized carbons (Fsp3) is 0.267. The van der Waals surface area contributed by atoms with Crippen LogP contribution in [0.3, 0.4) is 0 Å². The summed E-state index contributed by atoms with van der Waals surface area (Å²) in [5.74, 6) is 0.715. The van der Waals surface area contributed by atoms with E-state index in [9.17, 15) is 9.18 Å². The summed E-state index contributed by atoms with van der Waals surface area (Å²) in [5.41, 5.74) is 0.507. The Balaban J connectivity index is 2.33. The highest BCUT2D eigenvalue weighted by molar-refractivity contribution is 5.57. The molecule has 6 heteroatoms. The minimum absolute atomic E-state index is 0.244. The van der Waals surface area contributed by atoms with Crippen LogP contribution in [-0.4, -0.2) is 19.6 Å². The normalized spacial score (nSPS) is 12.0. The average Bonchev–Trinajstić information content (AvgIpc) is 2.76. The van der Waals surface area contributed by atoms with Gasteiger partial charge in [-0.05, 0) is 12.1 Å². The fourth-order valence-corrected chi connectivity index (χ4v) is 2.17. The number of H-pyrrole nitrogens is 1. The Morgan fingerprint density at radius 1 is 1.19 bits per heavy atom. The summed E-state index contributed by atoms with van der Waals surface area (Å²) in [7, 11) is 0. The van der Waals surface area contributed by atoms with Crippen LogP contribution in [0.1, 0.15) is 26.6 Å². The number of aromatic nitrogens is 4. The van der Waals surface area contributed by atoms with Crippen molar-refractivity contribution in [3.8, 4) is 11.4 Å². The number of aromatic amines is 1. The van der Waals surface area contributed by atoms with E-state index in [1.54, 1.807) is 16.6 Å². The van der Waals surface area contributed by atoms with Crippen molar-refractivity contribution in [3.63, 3.8) is 0 Å². The molecule has 0 saturated heterocycles. The molecular formula is C15H15FN4O. The summed E-state index contributed by atoms with van der Waals surface area (Å²) < 4.78 is 15.0. The van der Waals surface area contributed by atoms with Gasteiger partial charge in [-0.2, -0.15) is 0 Å². The second kappa shape index (κ2) is 4.51. The van der Waals surface area contributed by atoms with Crippen LogP contribution in [0.2, 0.25) is 0 Å². The first-order chi connectivity index (χ1) is 9.84. The quantitative estimate of drug-likeness (QED) is 0.747. The van der Waals surface area contributed by atoms with Gasteiger partial charge in [0, 0.05) is 17.0 Å². The Kier molecular flexibility index (Phi) is 2.90. The topological polar surface area (TPSA) is 63.0 Å². The maximum absolute atomic E-state index is 13.4. The number of hydrogen-bond acceptors (Lipinski definition) is 3. The van der Waals surface area contributed by atoms with E-state index in [4.69, 9.17) is 0 Å². The third-order valence-electron chi connectivity index (χ3n) is 3.11. The van der Waals surface area contributed by atoms with Crippen LogP contribution in [0, 0.1) is 5.82 Å². The van der Waals surface area contributed by atoms with Crippen molar-refractivity contribution < 1.29 is 4.39 Å². The van der Waals surface area contributed by atoms with Crippen LogP contribution in [0.25, 0.3) is 17.0 Å². The molecule has 0 spiro atoms. The van der Waals surface area contributed by atoms with Crippen LogP contribution in [0.4, 0.5) is 4.39 Å². The molecule has 0 fully saturated rings. The van der Waals surface area contributed by atoms with Gasteiger partial charge in [0.05, 0.1) is 0 Å². The minimum Gasteiger partial charge on any atom is -0.268 e. The van der Waals surface area contributed by atoms with Gasteiger partial charge in [0.1, 0.15) is 11.6 Å². The predicted octanol–water partition coefficient (Wildman–Crippen LogP) is 2.52. The second-order valence-corrected chi connectivity index (χ2v) is 5.95. The molecule has 1 aromatic carbocycles. The Morgan fingerprint density at radius 3 is 2.62 bits per heavy atom. The average molecular weight is 286 g/mol. The number of halogens is 1. The highest BCUT2D eigenvalue weighted by Crippen LogP contribution is 2.23. The van der Waals surface area contributed by atoms with E-state index in [2.05, 4.69) is 15.1 Å². The van der Waals surface area contributed by atoms with Gasteiger partial charge in [0.15, 0.2) is 11.5 Å². The number of nitrogens with one attached hydrogen (secondary N) is 1. The van der Waals surface area contributed by atoms with Crippen molar-refractivity contribution in [1.29, 1.82) is 0 Å². The SMILES string of the molecule is CC(C)(C)c1nc(-c2cccc(F)c2)nc2cc(=O)[nH]n12. The summed E-state index contributed by atoms with van der Waals surface area (Å²) in [6.45, 7) is 5.97. The van der Waals surface area contributed by atoms with Crippen molar-refractivity contribution in [2.45, 2.75) is 26.2 Å². The zero-order chi connectivity index (χ0) is 15.2. The standard InChI is InChI=1S/C15H15FN4O/c1-15(2,3)14-18-13(9-5-4-6-10(16)7-9)17-11-8-12(21)19-20(11)14/h4-8H,1-3H3,(H,19,21). The Bertz CT molecular complexity index is 873. The summed E-state index contributed by atoms with van der Waals surface area (Å²) in [6.07, 6.45) is 0. The minimum atomic E-state index is -0.347. The van der Waals surface area contributed by atoms with Gasteiger partial charge in [-0.1, -0.05) is 32.9 Å². The van der Waals surface area contributed by atoms with E-state index in [1.807, 2.05) is 20.8 Å². The monoisotopic (exact) mass is 286 g/mol. The van der Waals surface area contributed by atoms with Gasteiger partial charge in [-0.25, -0.2) is 18.9 Å². The number of benzene rings is 1. The smallest absolute Gasteiger partial charge is 0.266 e. The van der Waals surface area contributed by atoms with Crippen LogP contribution >= 0.6 is 0 Å². The maximum Gasteiger partial charge on any atom is 0.266 e. The molecule has 1 N–H and O–H groups in total. The molecule has 0 atom stereocenters. The molecule has 3 aromatic rings. The molecule has 3 rings (SSSR count). The van der Waals surface area contributed by atoms with Crippen molar-refractivity contribution in [2.75, 3.05) is 0 Å². The Hall–Kier alpha value is -2.50. The molecule has 2 heterocycles. The molecule has 0 saturated carbocycles. The third kappa shape index (κ3) is 2.44. The first-order valence-electron chi connectivity index (χ1n) is 6.61. The summed E-state index contributed by atoms with van der Waals surface area (Å²) in [4.78, 5) is 20.4. The zero-order valence-electron chi connectivity index (χ0n) is 12.0. The van der Waals surface area contributed by atoms with Gasteiger partial charge in [0.25, 0.3) is 5.56 Å². The molecule has 0 unspecified atom stereocenters. The molecular weight excluding hydrogens is 271 g/mol. The third-order valence-corrected chi connectivity index (χ3v) is 3.11. The molecule has 2 aromatic heterocycles. The lowest BCUT2D eigenvalue weighted by Gasteiger charge is -2.19. The summed E-state index contributed by atoms with van der Waals surface area (Å²) in [5, 5.41) is 2.69. The molecule has 5 nitrogen and oxygen atoms in total. The van der Waals surface area contributed by atoms with E-state index in [0.717, 1.165) is 0 Å². The predicted molar refractivity (Wildman–Crippen MR) is 77.7 cm³/mol. The first-order valence-corrected chi connectivity index (χ1v) is 6.61. The summed E-state index contributed by atoms with van der Waals surface area (Å²) in [6, 6.07) is 7.50. The van der Waals surface area contributed by atoms with Crippen molar-refractivity contribution in [3.05, 3.63) is 52.3 Å². The van der Waals surface area contributed by atoms with Crippen molar-refractivity contribution in [1.82, 2.24) is 19.6 Å². The van der Waals surface area contributed by atoms with E-state index < -0.39 is 0 Å². The van der Waals surface area contributed by atoms with Crippen molar-refractivity contribution in [2.24, 2.45) is 0 Å². The zero-order valence-corrected chi connectivity index (χ0v) is 12.0. The lowest BCUT2D eigenvalue weighted by Crippen LogP contribution is -2.21. The van der Waals surface area contributed by atoms with Crippen LogP contribution in [-0.2, 0) is 5.41 Å². The Labute approximate surface area is 120 Å². The number of nitrogens with zero attached hydrogens (tertiary/aromatic N) is 3. The van der Waals surface area contributed by atoms with E-state index in [0.29, 0.717) is 22.9 Å². The lowest BCUT2D eigenvalue weighted by atomic mass is 9.95. The number of fused-ring (bicyclic) bond motifs is 1. The van der Waals surface area contributed by atoms with Gasteiger partial charge >= 0.3 is 0 Å². The Morgan fingerprint density at radius 2 is 1.95 bits per heavy atom. The van der Waals surface area contributed by atoms with Crippen LogP contribution in [0.5, 0.6) is 0 Å². The first kappa shape index (κ1) is 13.5. The maximum atomic E-state index is 13.4. The van der Waals surface area contributed by atoms with E-state index >= 15 is 0 Å². The number of hydrogen-bond donors (Lipinski definition) is 1. The molecule has 21 heavy (non-hydrogen) atoms. The van der Waals surface area contributed by atoms with E-state index in [1.165, 1.54) is 18.2 Å². The molecule has 0 aliphatic carbocycles. The van der Waals surface area contributed by atoms with Crippen molar-refractivity contribution >= 4 is 5.65 Å². The molecule has 0 radical (unpaired) electrons. The molecule has 0 aliphatic rings. The fourth-order valence-electron chi connectivity index (χ4n) is 2.17. The highest BCUT2D eigenvalue weighted by Gasteiger charge is 2.22. The van der Waals surface area contributed by atoms with Crippen LogP contribution < -0.4 is 5.56 Å². The lowest BCUT2D eigenvalue weighted by molar-refractivity contribution is 0.520. The highest BCUT2D eigenvalue weighted by atomic mass is 19.1. The molecule has 0 amide bonds. The second-order valence-electron chi connectivity index (χ2n) is 5.95. The number of rotatable bonds is 1. The largest absolute Gasteiger partial charge is 0.268 e. The van der Waals surface area contributed by atoms with Gasteiger partial charge in [0.2, 0.25) is 0 Å². The molecule has 0 bridgehead atoms. The summed E-state index contributed by atoms with van der Waals surface area (Å²) >= 11 is 0. The van der Waals surface area contributed by atoms with Gasteiger partial charge in [-0.15, -0.1) is 0 Å². The molecule has 108 valence electrons. The van der Waals surface area contributed by atoms with Crippen LogP contribution in [0.15, 0.2) is 35.1 Å². The van der Waals surface area contributed by atoms with E-state index in [-0.39, 0.29) is 16.8 Å². The molecule has 0 aliphatic heterocycles.